The average Bonchev–Trinajstić information content (AvgIpc) is 2.98. The molecule has 128 valence electrons. The van der Waals surface area contributed by atoms with E-state index in [0.29, 0.717) is 19.6 Å². The van der Waals surface area contributed by atoms with E-state index in [0.717, 1.165) is 25.7 Å². The summed E-state index contributed by atoms with van der Waals surface area (Å²) in [5.74, 6) is -1.20. The van der Waals surface area contributed by atoms with Gasteiger partial charge in [0.1, 0.15) is 6.04 Å². The molecular weight excluding hydrogens is 306 g/mol. The molecule has 1 N–H and O–H groups in total. The Kier molecular flexibility index (Phi) is 6.23. The van der Waals surface area contributed by atoms with Gasteiger partial charge < -0.3 is 9.84 Å². The molecule has 1 saturated carbocycles. The van der Waals surface area contributed by atoms with Gasteiger partial charge in [-0.15, -0.1) is 0 Å². The van der Waals surface area contributed by atoms with Gasteiger partial charge in [0.25, 0.3) is 0 Å². The largest absolute Gasteiger partial charge is 0.480 e. The van der Waals surface area contributed by atoms with Gasteiger partial charge in [-0.25, -0.2) is 8.42 Å². The van der Waals surface area contributed by atoms with Gasteiger partial charge in [0.15, 0.2) is 0 Å². The van der Waals surface area contributed by atoms with E-state index in [9.17, 15) is 18.3 Å². The highest BCUT2D eigenvalue weighted by Gasteiger charge is 2.37. The molecular formula is C15H27NO5S. The van der Waals surface area contributed by atoms with Crippen molar-refractivity contribution in [2.45, 2.75) is 64.0 Å². The summed E-state index contributed by atoms with van der Waals surface area (Å²) in [6.07, 6.45) is 6.67. The summed E-state index contributed by atoms with van der Waals surface area (Å²) in [6.45, 7) is 2.59. The fraction of sp³-hybridized carbons (Fsp3) is 0.933. The normalized spacial score (nSPS) is 26.1. The maximum Gasteiger partial charge on any atom is 0.322 e. The van der Waals surface area contributed by atoms with E-state index in [1.807, 2.05) is 6.92 Å². The third kappa shape index (κ3) is 4.67. The van der Waals surface area contributed by atoms with Crippen LogP contribution in [0.15, 0.2) is 0 Å². The van der Waals surface area contributed by atoms with E-state index < -0.39 is 22.0 Å². The van der Waals surface area contributed by atoms with Crippen LogP contribution in [0.25, 0.3) is 0 Å². The molecule has 0 spiro atoms. The Bertz CT molecular complexity index is 472. The molecule has 1 saturated heterocycles. The Morgan fingerprint density at radius 3 is 2.50 bits per heavy atom. The van der Waals surface area contributed by atoms with Crippen LogP contribution >= 0.6 is 0 Å². The van der Waals surface area contributed by atoms with Gasteiger partial charge in [-0.1, -0.05) is 19.8 Å². The zero-order valence-corrected chi connectivity index (χ0v) is 14.1. The number of aliphatic carboxylic acids is 1. The second-order valence-corrected chi connectivity index (χ2v) is 8.55. The molecule has 1 aliphatic carbocycles. The minimum atomic E-state index is -3.55. The van der Waals surface area contributed by atoms with Crippen LogP contribution in [0.3, 0.4) is 0 Å². The molecule has 1 aliphatic heterocycles. The van der Waals surface area contributed by atoms with Crippen LogP contribution in [0.5, 0.6) is 0 Å². The van der Waals surface area contributed by atoms with E-state index in [2.05, 4.69) is 0 Å². The first-order valence-corrected chi connectivity index (χ1v) is 9.85. The second-order valence-electron chi connectivity index (χ2n) is 6.58. The first-order valence-electron chi connectivity index (χ1n) is 8.24. The molecule has 0 aromatic rings. The summed E-state index contributed by atoms with van der Waals surface area (Å²) in [4.78, 5) is 11.3. The smallest absolute Gasteiger partial charge is 0.322 e. The number of sulfonamides is 1. The average molecular weight is 333 g/mol. The first kappa shape index (κ1) is 17.7. The summed E-state index contributed by atoms with van der Waals surface area (Å²) in [5, 5.41) is 9.22. The van der Waals surface area contributed by atoms with Gasteiger partial charge in [-0.05, 0) is 38.0 Å². The number of hydrogen-bond donors (Lipinski definition) is 1. The standard InChI is InChI=1S/C15H27NO5S/c1-12(10-21-13-6-2-3-7-13)11-22(19,20)16-9-5-4-8-14(16)15(17)18/h12-14H,2-11H2,1H3,(H,17,18). The lowest BCUT2D eigenvalue weighted by molar-refractivity contribution is -0.142. The van der Waals surface area contributed by atoms with Crippen LogP contribution < -0.4 is 0 Å². The Morgan fingerprint density at radius 2 is 1.86 bits per heavy atom. The molecule has 22 heavy (non-hydrogen) atoms. The van der Waals surface area contributed by atoms with Crippen LogP contribution in [-0.4, -0.2) is 54.8 Å². The van der Waals surface area contributed by atoms with Crippen molar-refractivity contribution in [3.63, 3.8) is 0 Å². The quantitative estimate of drug-likeness (QED) is 0.768. The highest BCUT2D eigenvalue weighted by atomic mass is 32.2. The predicted octanol–water partition coefficient (Wildman–Crippen LogP) is 1.85. The van der Waals surface area contributed by atoms with Crippen LogP contribution in [0.4, 0.5) is 0 Å². The van der Waals surface area contributed by atoms with E-state index in [-0.39, 0.29) is 17.8 Å². The summed E-state index contributed by atoms with van der Waals surface area (Å²) in [6, 6.07) is -0.901. The zero-order chi connectivity index (χ0) is 16.2. The summed E-state index contributed by atoms with van der Waals surface area (Å²) in [7, 11) is -3.55. The number of ether oxygens (including phenoxy) is 1. The molecule has 0 amide bonds. The lowest BCUT2D eigenvalue weighted by atomic mass is 10.1. The number of carboxylic acids is 1. The van der Waals surface area contributed by atoms with Gasteiger partial charge >= 0.3 is 5.97 Å². The maximum atomic E-state index is 12.5. The molecule has 0 aromatic heterocycles. The lowest BCUT2D eigenvalue weighted by Gasteiger charge is -2.32. The number of piperidine rings is 1. The van der Waals surface area contributed by atoms with Crippen LogP contribution in [-0.2, 0) is 19.6 Å². The molecule has 2 unspecified atom stereocenters. The predicted molar refractivity (Wildman–Crippen MR) is 83.1 cm³/mol. The molecule has 6 nitrogen and oxygen atoms in total. The van der Waals surface area contributed by atoms with E-state index in [4.69, 9.17) is 4.74 Å². The van der Waals surface area contributed by atoms with Gasteiger partial charge in [-0.2, -0.15) is 4.31 Å². The van der Waals surface area contributed by atoms with Crippen LogP contribution in [0.2, 0.25) is 0 Å². The summed E-state index contributed by atoms with van der Waals surface area (Å²) < 4.78 is 32.0. The molecule has 2 aliphatic rings. The molecule has 0 bridgehead atoms. The topological polar surface area (TPSA) is 83.9 Å². The van der Waals surface area contributed by atoms with Crippen molar-refractivity contribution in [1.82, 2.24) is 4.31 Å². The van der Waals surface area contributed by atoms with E-state index >= 15 is 0 Å². The Labute approximate surface area is 132 Å². The van der Waals surface area contributed by atoms with E-state index in [1.165, 1.54) is 17.1 Å². The SMILES string of the molecule is CC(COC1CCCC1)CS(=O)(=O)N1CCCCC1C(=O)O. The summed E-state index contributed by atoms with van der Waals surface area (Å²) >= 11 is 0. The maximum absolute atomic E-state index is 12.5. The summed E-state index contributed by atoms with van der Waals surface area (Å²) in [5.41, 5.74) is 0. The Morgan fingerprint density at radius 1 is 1.23 bits per heavy atom. The number of rotatable bonds is 7. The minimum Gasteiger partial charge on any atom is -0.480 e. The third-order valence-corrected chi connectivity index (χ3v) is 6.65. The Hall–Kier alpha value is -0.660. The van der Waals surface area contributed by atoms with E-state index in [1.54, 1.807) is 0 Å². The molecule has 0 aromatic carbocycles. The van der Waals surface area contributed by atoms with Gasteiger partial charge in [0.2, 0.25) is 10.0 Å². The van der Waals surface area contributed by atoms with Crippen molar-refractivity contribution in [2.24, 2.45) is 5.92 Å². The van der Waals surface area contributed by atoms with Crippen LogP contribution in [0.1, 0.15) is 51.9 Å². The van der Waals surface area contributed by atoms with Gasteiger partial charge in [0.05, 0.1) is 18.5 Å². The number of carboxylic acid groups (broad SMARTS) is 1. The van der Waals surface area contributed by atoms with Crippen molar-refractivity contribution >= 4 is 16.0 Å². The molecule has 2 fully saturated rings. The monoisotopic (exact) mass is 333 g/mol. The minimum absolute atomic E-state index is 0.0382. The molecule has 2 rings (SSSR count). The molecule has 0 radical (unpaired) electrons. The number of nitrogens with zero attached hydrogens (tertiary/aromatic N) is 1. The number of carbonyl (C=O) groups is 1. The zero-order valence-electron chi connectivity index (χ0n) is 13.2. The lowest BCUT2D eigenvalue weighted by Crippen LogP contribution is -2.49. The Balaban J connectivity index is 1.89. The fourth-order valence-electron chi connectivity index (χ4n) is 3.34. The van der Waals surface area contributed by atoms with Gasteiger partial charge in [0, 0.05) is 6.54 Å². The second kappa shape index (κ2) is 7.75. The fourth-order valence-corrected chi connectivity index (χ4v) is 5.34. The van der Waals surface area contributed by atoms with Crippen molar-refractivity contribution in [3.05, 3.63) is 0 Å². The van der Waals surface area contributed by atoms with Crippen molar-refractivity contribution < 1.29 is 23.1 Å². The van der Waals surface area contributed by atoms with Crippen molar-refractivity contribution in [3.8, 4) is 0 Å². The number of hydrogen-bond acceptors (Lipinski definition) is 4. The first-order chi connectivity index (χ1) is 10.4. The van der Waals surface area contributed by atoms with Crippen molar-refractivity contribution in [2.75, 3.05) is 18.9 Å². The molecule has 1 heterocycles. The van der Waals surface area contributed by atoms with Crippen LogP contribution in [0, 0.1) is 5.92 Å². The van der Waals surface area contributed by atoms with Gasteiger partial charge in [-0.3, -0.25) is 4.79 Å². The molecule has 7 heteroatoms. The van der Waals surface area contributed by atoms with Crippen molar-refractivity contribution in [1.29, 1.82) is 0 Å². The highest BCUT2D eigenvalue weighted by molar-refractivity contribution is 7.89. The highest BCUT2D eigenvalue weighted by Crippen LogP contribution is 2.24. The molecule has 2 atom stereocenters. The third-order valence-electron chi connectivity index (χ3n) is 4.51.